The quantitative estimate of drug-likeness (QED) is 0.697. The lowest BCUT2D eigenvalue weighted by atomic mass is 10.1. The number of benzene rings is 2. The molecule has 0 spiro atoms. The average Bonchev–Trinajstić information content (AvgIpc) is 3.29. The van der Waals surface area contributed by atoms with Crippen LogP contribution < -0.4 is 5.32 Å². The fourth-order valence-electron chi connectivity index (χ4n) is 4.08. The number of rotatable bonds is 5. The number of aryl methyl sites for hydroxylation is 1. The van der Waals surface area contributed by atoms with Gasteiger partial charge < -0.3 is 9.88 Å². The maximum Gasteiger partial charge on any atom is 0.255 e. The molecule has 0 atom stereocenters. The highest BCUT2D eigenvalue weighted by Crippen LogP contribution is 2.26. The molecule has 1 amide bonds. The molecule has 1 aliphatic rings. The van der Waals surface area contributed by atoms with Crippen molar-refractivity contribution in [3.05, 3.63) is 59.4 Å². The summed E-state index contributed by atoms with van der Waals surface area (Å²) in [7, 11) is 0. The van der Waals surface area contributed by atoms with Crippen LogP contribution in [0.5, 0.6) is 0 Å². The van der Waals surface area contributed by atoms with Crippen molar-refractivity contribution in [2.75, 3.05) is 18.4 Å². The predicted molar refractivity (Wildman–Crippen MR) is 114 cm³/mol. The van der Waals surface area contributed by atoms with Crippen molar-refractivity contribution in [3.63, 3.8) is 0 Å². The number of fused-ring (bicyclic) bond motifs is 1. The van der Waals surface area contributed by atoms with E-state index in [1.165, 1.54) is 12.8 Å². The summed E-state index contributed by atoms with van der Waals surface area (Å²) in [6.45, 7) is 9.54. The van der Waals surface area contributed by atoms with Gasteiger partial charge in [-0.2, -0.15) is 0 Å². The second-order valence-corrected chi connectivity index (χ2v) is 7.95. The van der Waals surface area contributed by atoms with Crippen LogP contribution in [0.25, 0.3) is 11.0 Å². The average molecular weight is 377 g/mol. The fraction of sp³-hybridized carbons (Fsp3) is 0.391. The summed E-state index contributed by atoms with van der Waals surface area (Å²) in [4.78, 5) is 20.0. The number of anilines is 1. The van der Waals surface area contributed by atoms with Crippen molar-refractivity contribution in [1.29, 1.82) is 0 Å². The van der Waals surface area contributed by atoms with Gasteiger partial charge in [-0.15, -0.1) is 0 Å². The van der Waals surface area contributed by atoms with E-state index in [0.717, 1.165) is 47.7 Å². The molecule has 0 radical (unpaired) electrons. The number of carbonyl (C=O) groups is 1. The molecule has 0 aliphatic carbocycles. The van der Waals surface area contributed by atoms with Crippen LogP contribution in [0.1, 0.15) is 54.5 Å². The van der Waals surface area contributed by atoms with Crippen molar-refractivity contribution in [2.45, 2.75) is 46.2 Å². The minimum absolute atomic E-state index is 0.0852. The Hall–Kier alpha value is -2.66. The molecule has 1 fully saturated rings. The minimum atomic E-state index is -0.0852. The molecule has 2 aromatic carbocycles. The van der Waals surface area contributed by atoms with Gasteiger partial charge in [-0.3, -0.25) is 9.69 Å². The maximum absolute atomic E-state index is 12.6. The molecular weight excluding hydrogens is 348 g/mol. The summed E-state index contributed by atoms with van der Waals surface area (Å²) in [6.07, 6.45) is 2.55. The third kappa shape index (κ3) is 3.67. The normalized spacial score (nSPS) is 14.9. The number of nitrogens with zero attached hydrogens (tertiary/aromatic N) is 3. The number of carbonyl (C=O) groups excluding carboxylic acids is 1. The van der Waals surface area contributed by atoms with E-state index in [0.29, 0.717) is 11.6 Å². The molecule has 4 rings (SSSR count). The maximum atomic E-state index is 12.6. The zero-order chi connectivity index (χ0) is 19.7. The molecule has 5 nitrogen and oxygen atoms in total. The number of hydrogen-bond donors (Lipinski definition) is 1. The van der Waals surface area contributed by atoms with E-state index in [1.807, 2.05) is 43.3 Å². The first-order chi connectivity index (χ1) is 13.5. The third-order valence-corrected chi connectivity index (χ3v) is 5.49. The van der Waals surface area contributed by atoms with Gasteiger partial charge in [-0.25, -0.2) is 4.98 Å². The van der Waals surface area contributed by atoms with E-state index in [2.05, 4.69) is 34.7 Å². The van der Waals surface area contributed by atoms with Crippen LogP contribution in [0.2, 0.25) is 0 Å². The van der Waals surface area contributed by atoms with Crippen LogP contribution in [0.3, 0.4) is 0 Å². The van der Waals surface area contributed by atoms with Gasteiger partial charge in [0.1, 0.15) is 5.82 Å². The predicted octanol–water partition coefficient (Wildman–Crippen LogP) is 4.77. The Bertz CT molecular complexity index is 999. The van der Waals surface area contributed by atoms with E-state index in [4.69, 9.17) is 4.98 Å². The first kappa shape index (κ1) is 18.7. The van der Waals surface area contributed by atoms with Crippen LogP contribution in [0, 0.1) is 6.92 Å². The van der Waals surface area contributed by atoms with Gasteiger partial charge in [0.15, 0.2) is 0 Å². The van der Waals surface area contributed by atoms with E-state index in [9.17, 15) is 4.79 Å². The first-order valence-corrected chi connectivity index (χ1v) is 10.1. The number of aromatic nitrogens is 2. The van der Waals surface area contributed by atoms with Crippen LogP contribution in [-0.4, -0.2) is 33.4 Å². The first-order valence-electron chi connectivity index (χ1n) is 10.1. The van der Waals surface area contributed by atoms with Gasteiger partial charge in [0.25, 0.3) is 5.91 Å². The standard InChI is InChI=1S/C23H28N4O/c1-16(2)27-21-11-10-18(24-23(28)19-9-5-4-8-17(19)3)14-20(21)25-22(27)15-26-12-6-7-13-26/h4-5,8-11,14,16H,6-7,12-13,15H2,1-3H3,(H,24,28). The molecule has 28 heavy (non-hydrogen) atoms. The van der Waals surface area contributed by atoms with Crippen LogP contribution in [0.4, 0.5) is 5.69 Å². The fourth-order valence-corrected chi connectivity index (χ4v) is 4.08. The highest BCUT2D eigenvalue weighted by atomic mass is 16.1. The lowest BCUT2D eigenvalue weighted by Gasteiger charge is -2.18. The van der Waals surface area contributed by atoms with Crippen molar-refractivity contribution in [3.8, 4) is 0 Å². The van der Waals surface area contributed by atoms with Gasteiger partial charge in [0, 0.05) is 17.3 Å². The van der Waals surface area contributed by atoms with Gasteiger partial charge in [-0.05, 0) is 76.5 Å². The molecule has 2 heterocycles. The monoisotopic (exact) mass is 376 g/mol. The van der Waals surface area contributed by atoms with Gasteiger partial charge in [0.2, 0.25) is 0 Å². The molecule has 0 unspecified atom stereocenters. The van der Waals surface area contributed by atoms with Gasteiger partial charge in [0.05, 0.1) is 17.6 Å². The zero-order valence-corrected chi connectivity index (χ0v) is 16.9. The number of likely N-dealkylation sites (tertiary alicyclic amines) is 1. The Labute approximate surface area is 166 Å². The lowest BCUT2D eigenvalue weighted by molar-refractivity contribution is 0.102. The van der Waals surface area contributed by atoms with E-state index >= 15 is 0 Å². The topological polar surface area (TPSA) is 50.2 Å². The molecule has 5 heteroatoms. The van der Waals surface area contributed by atoms with E-state index < -0.39 is 0 Å². The summed E-state index contributed by atoms with van der Waals surface area (Å²) in [5.74, 6) is 1.02. The van der Waals surface area contributed by atoms with Crippen LogP contribution >= 0.6 is 0 Å². The number of nitrogens with one attached hydrogen (secondary N) is 1. The highest BCUT2D eigenvalue weighted by Gasteiger charge is 2.19. The van der Waals surface area contributed by atoms with Crippen molar-refractivity contribution < 1.29 is 4.79 Å². The summed E-state index contributed by atoms with van der Waals surface area (Å²) >= 11 is 0. The number of amides is 1. The second kappa shape index (κ2) is 7.76. The lowest BCUT2D eigenvalue weighted by Crippen LogP contribution is -2.21. The Kier molecular flexibility index (Phi) is 5.18. The molecule has 3 aromatic rings. The largest absolute Gasteiger partial charge is 0.324 e. The number of imidazole rings is 1. The summed E-state index contributed by atoms with van der Waals surface area (Å²) < 4.78 is 2.32. The van der Waals surface area contributed by atoms with Crippen LogP contribution in [0.15, 0.2) is 42.5 Å². The molecular formula is C23H28N4O. The van der Waals surface area contributed by atoms with Crippen molar-refractivity contribution >= 4 is 22.6 Å². The molecule has 146 valence electrons. The van der Waals surface area contributed by atoms with E-state index in [1.54, 1.807) is 0 Å². The summed E-state index contributed by atoms with van der Waals surface area (Å²) in [5, 5.41) is 3.02. The second-order valence-electron chi connectivity index (χ2n) is 7.95. The summed E-state index contributed by atoms with van der Waals surface area (Å²) in [6, 6.07) is 14.0. The third-order valence-electron chi connectivity index (χ3n) is 5.49. The highest BCUT2D eigenvalue weighted by molar-refractivity contribution is 6.05. The molecule has 0 bridgehead atoms. The van der Waals surface area contributed by atoms with E-state index in [-0.39, 0.29) is 5.91 Å². The molecule has 1 N–H and O–H groups in total. The summed E-state index contributed by atoms with van der Waals surface area (Å²) in [5.41, 5.74) is 4.51. The number of hydrogen-bond acceptors (Lipinski definition) is 3. The molecule has 1 aliphatic heterocycles. The molecule has 1 aromatic heterocycles. The Morgan fingerprint density at radius 3 is 2.61 bits per heavy atom. The molecule has 1 saturated heterocycles. The van der Waals surface area contributed by atoms with Crippen LogP contribution in [-0.2, 0) is 6.54 Å². The van der Waals surface area contributed by atoms with Crippen molar-refractivity contribution in [2.24, 2.45) is 0 Å². The SMILES string of the molecule is Cc1ccccc1C(=O)Nc1ccc2c(c1)nc(CN1CCCC1)n2C(C)C. The minimum Gasteiger partial charge on any atom is -0.324 e. The zero-order valence-electron chi connectivity index (χ0n) is 16.9. The Morgan fingerprint density at radius 2 is 1.89 bits per heavy atom. The van der Waals surface area contributed by atoms with Crippen molar-refractivity contribution in [1.82, 2.24) is 14.5 Å². The molecule has 0 saturated carbocycles. The smallest absolute Gasteiger partial charge is 0.255 e. The Balaban J connectivity index is 1.63. The Morgan fingerprint density at radius 1 is 1.14 bits per heavy atom. The van der Waals surface area contributed by atoms with Gasteiger partial charge >= 0.3 is 0 Å². The van der Waals surface area contributed by atoms with Gasteiger partial charge in [-0.1, -0.05) is 18.2 Å².